The second-order valence-corrected chi connectivity index (χ2v) is 9.90. The molecular formula is C26H28F2N6O2. The van der Waals surface area contributed by atoms with Crippen LogP contribution in [0.15, 0.2) is 43.1 Å². The number of nitrogens with zero attached hydrogens (tertiary/aromatic N) is 5. The number of hydrogen-bond acceptors (Lipinski definition) is 5. The molecule has 4 aromatic rings. The van der Waals surface area contributed by atoms with Crippen molar-refractivity contribution in [1.82, 2.24) is 18.9 Å². The Kier molecular flexibility index (Phi) is 5.99. The van der Waals surface area contributed by atoms with E-state index in [0.717, 1.165) is 35.6 Å². The van der Waals surface area contributed by atoms with E-state index in [1.165, 1.54) is 17.0 Å². The average molecular weight is 495 g/mol. The third kappa shape index (κ3) is 4.32. The number of rotatable bonds is 4. The molecule has 1 aromatic carbocycles. The molecule has 0 saturated carbocycles. The van der Waals surface area contributed by atoms with Crippen molar-refractivity contribution < 1.29 is 18.3 Å². The number of imidazole rings is 2. The molecular weight excluding hydrogens is 466 g/mol. The summed E-state index contributed by atoms with van der Waals surface area (Å²) in [4.78, 5) is 23.5. The van der Waals surface area contributed by atoms with Crippen molar-refractivity contribution in [3.63, 3.8) is 0 Å². The zero-order chi connectivity index (χ0) is 25.6. The van der Waals surface area contributed by atoms with Gasteiger partial charge in [0.05, 0.1) is 30.9 Å². The number of benzene rings is 1. The Balaban J connectivity index is 1.52. The number of ether oxygens (including phenoxy) is 1. The first kappa shape index (κ1) is 23.9. The Hall–Kier alpha value is -3.79. The predicted octanol–water partition coefficient (Wildman–Crippen LogP) is 4.63. The molecule has 1 saturated heterocycles. The third-order valence-electron chi connectivity index (χ3n) is 6.34. The normalized spacial score (nSPS) is 14.4. The summed E-state index contributed by atoms with van der Waals surface area (Å²) in [5.41, 5.74) is 2.99. The minimum absolute atomic E-state index is 0.0519. The van der Waals surface area contributed by atoms with Crippen LogP contribution in [0.4, 0.5) is 20.2 Å². The number of amides is 1. The van der Waals surface area contributed by atoms with E-state index >= 15 is 0 Å². The van der Waals surface area contributed by atoms with E-state index in [-0.39, 0.29) is 11.4 Å². The van der Waals surface area contributed by atoms with Crippen LogP contribution in [0.2, 0.25) is 0 Å². The zero-order valence-electron chi connectivity index (χ0n) is 20.7. The van der Waals surface area contributed by atoms with Crippen molar-refractivity contribution in [3.8, 4) is 11.1 Å². The van der Waals surface area contributed by atoms with Crippen molar-refractivity contribution >= 4 is 22.9 Å². The van der Waals surface area contributed by atoms with E-state index in [1.54, 1.807) is 40.0 Å². The number of halogens is 2. The Morgan fingerprint density at radius 2 is 1.86 bits per heavy atom. The number of nitrogens with one attached hydrogen (secondary N) is 1. The van der Waals surface area contributed by atoms with Gasteiger partial charge in [0.15, 0.2) is 11.3 Å². The number of carbonyl (C=O) groups excluding carboxylic acids is 1. The van der Waals surface area contributed by atoms with Crippen molar-refractivity contribution in [3.05, 3.63) is 66.1 Å². The number of fused-ring (bicyclic) bond motifs is 1. The summed E-state index contributed by atoms with van der Waals surface area (Å²) in [6.07, 6.45) is 6.79. The number of morpholine rings is 1. The lowest BCUT2D eigenvalue weighted by Gasteiger charge is -2.29. The van der Waals surface area contributed by atoms with Crippen LogP contribution in [0.5, 0.6) is 0 Å². The molecule has 4 heterocycles. The number of anilines is 2. The summed E-state index contributed by atoms with van der Waals surface area (Å²) in [7, 11) is 0. The van der Waals surface area contributed by atoms with Crippen molar-refractivity contribution in [1.29, 1.82) is 0 Å². The predicted molar refractivity (Wildman–Crippen MR) is 133 cm³/mol. The van der Waals surface area contributed by atoms with Gasteiger partial charge in [-0.1, -0.05) is 0 Å². The first-order valence-electron chi connectivity index (χ1n) is 11.8. The van der Waals surface area contributed by atoms with Crippen LogP contribution in [0.3, 0.4) is 0 Å². The van der Waals surface area contributed by atoms with E-state index in [1.807, 2.05) is 22.9 Å². The summed E-state index contributed by atoms with van der Waals surface area (Å²) in [5, 5.41) is 2.50. The molecule has 0 unspecified atom stereocenters. The molecule has 5 rings (SSSR count). The average Bonchev–Trinajstić information content (AvgIpc) is 3.47. The second kappa shape index (κ2) is 9.02. The lowest BCUT2D eigenvalue weighted by atomic mass is 10.00. The van der Waals surface area contributed by atoms with Gasteiger partial charge in [-0.3, -0.25) is 4.79 Å². The van der Waals surface area contributed by atoms with Gasteiger partial charge in [0, 0.05) is 42.8 Å². The van der Waals surface area contributed by atoms with Crippen LogP contribution < -0.4 is 10.2 Å². The van der Waals surface area contributed by atoms with Gasteiger partial charge in [0.25, 0.3) is 5.91 Å². The van der Waals surface area contributed by atoms with Crippen LogP contribution in [-0.4, -0.2) is 51.1 Å². The van der Waals surface area contributed by atoms with Crippen LogP contribution in [0, 0.1) is 18.7 Å². The molecule has 8 nitrogen and oxygen atoms in total. The molecule has 3 aromatic heterocycles. The molecule has 1 fully saturated rings. The van der Waals surface area contributed by atoms with Gasteiger partial charge in [-0.05, 0) is 57.0 Å². The van der Waals surface area contributed by atoms with Crippen LogP contribution in [0.1, 0.15) is 36.8 Å². The minimum atomic E-state index is -0.816. The first-order chi connectivity index (χ1) is 17.1. The Bertz CT molecular complexity index is 1450. The highest BCUT2D eigenvalue weighted by molar-refractivity contribution is 6.03. The van der Waals surface area contributed by atoms with Gasteiger partial charge in [-0.15, -0.1) is 0 Å². The van der Waals surface area contributed by atoms with Gasteiger partial charge in [0.2, 0.25) is 5.95 Å². The van der Waals surface area contributed by atoms with Crippen LogP contribution >= 0.6 is 0 Å². The Labute approximate surface area is 207 Å². The second-order valence-electron chi connectivity index (χ2n) is 9.90. The first-order valence-corrected chi connectivity index (χ1v) is 11.8. The summed E-state index contributed by atoms with van der Waals surface area (Å²) < 4.78 is 38.5. The standard InChI is InChI=1S/C26H28F2N6O2/c1-16-11-19(27)20(31-25(35)22-23(28)34(15-30-22)26(2,3)4)13-18(16)17-12-21(32-7-9-36-10-8-32)24-29-5-6-33(24)14-17/h5-6,11-15H,7-10H2,1-4H3,(H,31,35). The van der Waals surface area contributed by atoms with E-state index < -0.39 is 23.2 Å². The number of hydrogen-bond donors (Lipinski definition) is 1. The van der Waals surface area contributed by atoms with Gasteiger partial charge >= 0.3 is 0 Å². The van der Waals surface area contributed by atoms with Crippen molar-refractivity contribution in [2.45, 2.75) is 33.2 Å². The number of aryl methyl sites for hydroxylation is 1. The van der Waals surface area contributed by atoms with E-state index in [4.69, 9.17) is 4.74 Å². The highest BCUT2D eigenvalue weighted by atomic mass is 19.1. The van der Waals surface area contributed by atoms with Crippen LogP contribution in [-0.2, 0) is 10.3 Å². The molecule has 10 heteroatoms. The number of aromatic nitrogens is 4. The Morgan fingerprint density at radius 3 is 2.56 bits per heavy atom. The SMILES string of the molecule is Cc1cc(F)c(NC(=O)c2ncn(C(C)(C)C)c2F)cc1-c1cc(N2CCOCC2)c2nccn2c1. The van der Waals surface area contributed by atoms with Gasteiger partial charge in [0.1, 0.15) is 5.82 Å². The molecule has 0 spiro atoms. The summed E-state index contributed by atoms with van der Waals surface area (Å²) >= 11 is 0. The smallest absolute Gasteiger partial charge is 0.279 e. The molecule has 188 valence electrons. The van der Waals surface area contributed by atoms with Gasteiger partial charge in [-0.25, -0.2) is 14.4 Å². The number of carbonyl (C=O) groups is 1. The molecule has 1 N–H and O–H groups in total. The van der Waals surface area contributed by atoms with E-state index in [0.29, 0.717) is 18.8 Å². The molecule has 1 amide bonds. The van der Waals surface area contributed by atoms with Crippen LogP contribution in [0.25, 0.3) is 16.8 Å². The fraction of sp³-hybridized carbons (Fsp3) is 0.346. The molecule has 0 atom stereocenters. The van der Waals surface area contributed by atoms with Gasteiger partial charge in [-0.2, -0.15) is 4.39 Å². The molecule has 0 aliphatic carbocycles. The van der Waals surface area contributed by atoms with Crippen molar-refractivity contribution in [2.24, 2.45) is 0 Å². The number of pyridine rings is 1. The lowest BCUT2D eigenvalue weighted by Crippen LogP contribution is -2.36. The highest BCUT2D eigenvalue weighted by Gasteiger charge is 2.25. The summed E-state index contributed by atoms with van der Waals surface area (Å²) in [5.74, 6) is -2.20. The maximum Gasteiger partial charge on any atom is 0.279 e. The fourth-order valence-electron chi connectivity index (χ4n) is 4.41. The third-order valence-corrected chi connectivity index (χ3v) is 6.34. The topological polar surface area (TPSA) is 76.7 Å². The molecule has 0 radical (unpaired) electrons. The highest BCUT2D eigenvalue weighted by Crippen LogP contribution is 2.33. The largest absolute Gasteiger partial charge is 0.378 e. The molecule has 1 aliphatic rings. The maximum absolute atomic E-state index is 14.9. The van der Waals surface area contributed by atoms with E-state index in [9.17, 15) is 13.6 Å². The zero-order valence-corrected chi connectivity index (χ0v) is 20.7. The molecule has 0 bridgehead atoms. The quantitative estimate of drug-likeness (QED) is 0.448. The Morgan fingerprint density at radius 1 is 1.11 bits per heavy atom. The van der Waals surface area contributed by atoms with E-state index in [2.05, 4.69) is 20.2 Å². The lowest BCUT2D eigenvalue weighted by molar-refractivity contribution is 0.101. The maximum atomic E-state index is 14.9. The van der Waals surface area contributed by atoms with Crippen molar-refractivity contribution in [2.75, 3.05) is 36.5 Å². The molecule has 36 heavy (non-hydrogen) atoms. The minimum Gasteiger partial charge on any atom is -0.378 e. The summed E-state index contributed by atoms with van der Waals surface area (Å²) in [6, 6.07) is 4.95. The fourth-order valence-corrected chi connectivity index (χ4v) is 4.41. The summed E-state index contributed by atoms with van der Waals surface area (Å²) in [6.45, 7) is 9.94. The van der Waals surface area contributed by atoms with Gasteiger partial charge < -0.3 is 23.9 Å². The monoisotopic (exact) mass is 494 g/mol. The molecule has 1 aliphatic heterocycles.